The van der Waals surface area contributed by atoms with Crippen LogP contribution in [0.4, 0.5) is 0 Å². The van der Waals surface area contributed by atoms with Crippen LogP contribution >= 0.6 is 0 Å². The fourth-order valence-corrected chi connectivity index (χ4v) is 1.69. The highest BCUT2D eigenvalue weighted by Gasteiger charge is 2.18. The average Bonchev–Trinajstić information content (AvgIpc) is 2.25. The third kappa shape index (κ3) is 2.31. The predicted octanol–water partition coefficient (Wildman–Crippen LogP) is 2.12. The molecule has 0 saturated heterocycles. The maximum absolute atomic E-state index is 6.92. The van der Waals surface area contributed by atoms with Crippen molar-refractivity contribution in [3.63, 3.8) is 0 Å². The van der Waals surface area contributed by atoms with Gasteiger partial charge < -0.3 is 10.6 Å². The summed E-state index contributed by atoms with van der Waals surface area (Å²) in [7, 11) is 0. The molecule has 1 rings (SSSR count). The molecule has 0 aromatic rings. The first kappa shape index (κ1) is 12.0. The summed E-state index contributed by atoms with van der Waals surface area (Å²) in [5, 5.41) is 0. The number of rotatable bonds is 2. The predicted molar refractivity (Wildman–Crippen MR) is 63.5 cm³/mol. The summed E-state index contributed by atoms with van der Waals surface area (Å²) in [6, 6.07) is 0. The summed E-state index contributed by atoms with van der Waals surface area (Å²) < 4.78 is 0. The van der Waals surface area contributed by atoms with Crippen LogP contribution in [0.2, 0.25) is 0 Å². The zero-order valence-corrected chi connectivity index (χ0v) is 9.49. The van der Waals surface area contributed by atoms with Crippen LogP contribution in [-0.2, 0) is 0 Å². The van der Waals surface area contributed by atoms with Gasteiger partial charge in [-0.1, -0.05) is 0 Å². The molecule has 0 aromatic heterocycles. The fourth-order valence-electron chi connectivity index (χ4n) is 1.69. The molecule has 0 saturated carbocycles. The lowest BCUT2D eigenvalue weighted by Crippen LogP contribution is -2.28. The van der Waals surface area contributed by atoms with Crippen LogP contribution in [0.5, 0.6) is 0 Å². The molecule has 0 atom stereocenters. The van der Waals surface area contributed by atoms with Crippen molar-refractivity contribution in [1.29, 1.82) is 0 Å². The minimum Gasteiger partial charge on any atom is -0.348 e. The molecular weight excluding hydrogens is 200 g/mol. The molecular formula is C12H14N4. The minimum atomic E-state index is 0.117. The molecule has 1 aliphatic heterocycles. The number of allylic oxidation sites excluding steroid dienone is 5. The highest BCUT2D eigenvalue weighted by Crippen LogP contribution is 2.24. The Kier molecular flexibility index (Phi) is 3.88. The summed E-state index contributed by atoms with van der Waals surface area (Å²) >= 11 is 0. The Hall–Kier alpha value is -2.04. The lowest BCUT2D eigenvalue weighted by atomic mass is 10.1. The molecule has 0 aliphatic carbocycles. The molecule has 2 N–H and O–H groups in total. The smallest absolute Gasteiger partial charge is 0.348 e. The van der Waals surface area contributed by atoms with E-state index in [9.17, 15) is 0 Å². The topological polar surface area (TPSA) is 38.0 Å². The molecule has 82 valence electrons. The maximum atomic E-state index is 6.92. The van der Waals surface area contributed by atoms with Crippen LogP contribution in [0.15, 0.2) is 34.9 Å². The summed E-state index contributed by atoms with van der Waals surface area (Å²) in [6.45, 7) is 19.1. The van der Waals surface area contributed by atoms with Crippen LogP contribution in [0, 0.1) is 13.1 Å². The van der Waals surface area contributed by atoms with Crippen LogP contribution in [-0.4, -0.2) is 18.0 Å². The zero-order valence-electron chi connectivity index (χ0n) is 9.49. The summed E-state index contributed by atoms with van der Waals surface area (Å²) in [5.41, 5.74) is 8.25. The number of nitrogens with zero attached hydrogens (tertiary/aromatic N) is 3. The Balaban J connectivity index is 3.15. The van der Waals surface area contributed by atoms with E-state index in [1.165, 1.54) is 0 Å². The van der Waals surface area contributed by atoms with Gasteiger partial charge in [0.2, 0.25) is 0 Å². The quantitative estimate of drug-likeness (QED) is 0.715. The van der Waals surface area contributed by atoms with Gasteiger partial charge in [-0.2, -0.15) is 9.69 Å². The van der Waals surface area contributed by atoms with E-state index in [1.54, 1.807) is 0 Å². The van der Waals surface area contributed by atoms with Crippen LogP contribution < -0.4 is 5.73 Å². The van der Waals surface area contributed by atoms with Crippen molar-refractivity contribution in [2.45, 2.75) is 13.8 Å². The van der Waals surface area contributed by atoms with Gasteiger partial charge in [0.05, 0.1) is 5.57 Å². The second-order valence-corrected chi connectivity index (χ2v) is 3.51. The highest BCUT2D eigenvalue weighted by molar-refractivity contribution is 5.46. The van der Waals surface area contributed by atoms with Gasteiger partial charge in [0, 0.05) is 24.5 Å². The second kappa shape index (κ2) is 5.16. The zero-order chi connectivity index (χ0) is 12.1. The lowest BCUT2D eigenvalue weighted by molar-refractivity contribution is 0.433. The molecule has 4 heteroatoms. The number of nitrogens with two attached hydrogens (primary N) is 1. The summed E-state index contributed by atoms with van der Waals surface area (Å²) in [4.78, 5) is 8.50. The van der Waals surface area contributed by atoms with E-state index in [4.69, 9.17) is 18.9 Å². The molecule has 0 spiro atoms. The molecule has 0 radical (unpaired) electrons. The highest BCUT2D eigenvalue weighted by atomic mass is 15.1. The van der Waals surface area contributed by atoms with Gasteiger partial charge in [-0.15, -0.1) is 0 Å². The van der Waals surface area contributed by atoms with Crippen LogP contribution in [0.25, 0.3) is 9.69 Å². The van der Waals surface area contributed by atoms with Gasteiger partial charge in [0.15, 0.2) is 0 Å². The van der Waals surface area contributed by atoms with Crippen molar-refractivity contribution >= 4 is 0 Å². The van der Waals surface area contributed by atoms with Gasteiger partial charge in [0.25, 0.3) is 0 Å². The van der Waals surface area contributed by atoms with Crippen molar-refractivity contribution in [3.8, 4) is 0 Å². The van der Waals surface area contributed by atoms with E-state index in [-0.39, 0.29) is 5.82 Å². The van der Waals surface area contributed by atoms with E-state index in [1.807, 2.05) is 26.0 Å². The SMILES string of the molecule is [C-]#[N+]C([N+]#[C-])=C1C=C(C)N(CCN)C(C)=C1. The van der Waals surface area contributed by atoms with E-state index in [0.29, 0.717) is 12.1 Å². The average molecular weight is 214 g/mol. The van der Waals surface area contributed by atoms with E-state index >= 15 is 0 Å². The number of hydrogen-bond acceptors (Lipinski definition) is 2. The lowest BCUT2D eigenvalue weighted by Gasteiger charge is -2.28. The van der Waals surface area contributed by atoms with Gasteiger partial charge in [0.1, 0.15) is 13.1 Å². The van der Waals surface area contributed by atoms with Crippen LogP contribution in [0.3, 0.4) is 0 Å². The van der Waals surface area contributed by atoms with Crippen molar-refractivity contribution in [1.82, 2.24) is 4.90 Å². The largest absolute Gasteiger partial charge is 0.526 e. The molecule has 0 unspecified atom stereocenters. The molecule has 0 fully saturated rings. The fraction of sp³-hybridized carbons (Fsp3) is 0.333. The van der Waals surface area contributed by atoms with Gasteiger partial charge in [-0.3, -0.25) is 0 Å². The van der Waals surface area contributed by atoms with E-state index in [0.717, 1.165) is 17.9 Å². The Morgan fingerprint density at radius 3 is 2.12 bits per heavy atom. The molecule has 1 heterocycles. The minimum absolute atomic E-state index is 0.117. The van der Waals surface area contributed by atoms with Crippen molar-refractivity contribution < 1.29 is 0 Å². The monoisotopic (exact) mass is 214 g/mol. The van der Waals surface area contributed by atoms with Crippen LogP contribution in [0.1, 0.15) is 13.8 Å². The summed E-state index contributed by atoms with van der Waals surface area (Å²) in [6.07, 6.45) is 3.71. The van der Waals surface area contributed by atoms with E-state index in [2.05, 4.69) is 14.6 Å². The Labute approximate surface area is 96.0 Å². The molecule has 0 amide bonds. The second-order valence-electron chi connectivity index (χ2n) is 3.51. The number of hydrogen-bond donors (Lipinski definition) is 1. The molecule has 0 aromatic carbocycles. The third-order valence-electron chi connectivity index (χ3n) is 2.40. The Morgan fingerprint density at radius 2 is 1.75 bits per heavy atom. The molecule has 1 aliphatic rings. The first-order chi connectivity index (χ1) is 7.63. The van der Waals surface area contributed by atoms with Crippen molar-refractivity contribution in [3.05, 3.63) is 57.8 Å². The van der Waals surface area contributed by atoms with E-state index < -0.39 is 0 Å². The maximum Gasteiger partial charge on any atom is 0.526 e. The first-order valence-electron chi connectivity index (χ1n) is 4.97. The first-order valence-corrected chi connectivity index (χ1v) is 4.97. The van der Waals surface area contributed by atoms with Crippen molar-refractivity contribution in [2.75, 3.05) is 13.1 Å². The molecule has 0 bridgehead atoms. The van der Waals surface area contributed by atoms with Gasteiger partial charge in [-0.05, 0) is 26.0 Å². The Morgan fingerprint density at radius 1 is 1.25 bits per heavy atom. The molecule has 4 nitrogen and oxygen atoms in total. The third-order valence-corrected chi connectivity index (χ3v) is 2.40. The summed E-state index contributed by atoms with van der Waals surface area (Å²) in [5.74, 6) is 0.117. The molecule has 16 heavy (non-hydrogen) atoms. The normalized spacial score (nSPS) is 14.8. The van der Waals surface area contributed by atoms with Crippen molar-refractivity contribution in [2.24, 2.45) is 5.73 Å². The van der Waals surface area contributed by atoms with Gasteiger partial charge >= 0.3 is 5.82 Å². The van der Waals surface area contributed by atoms with Gasteiger partial charge in [-0.25, -0.2) is 0 Å². The standard InChI is InChI=1S/C12H14N4/c1-9-7-11(12(14-3)15-4)8-10(2)16(9)6-5-13/h7-8H,5-6,13H2,1-2H3. The Bertz CT molecular complexity index is 416.